The van der Waals surface area contributed by atoms with Crippen LogP contribution in [0.2, 0.25) is 0 Å². The van der Waals surface area contributed by atoms with Crippen molar-refractivity contribution in [3.8, 4) is 0 Å². The fourth-order valence-corrected chi connectivity index (χ4v) is 2.12. The molecule has 0 radical (unpaired) electrons. The normalized spacial score (nSPS) is 30.9. The summed E-state index contributed by atoms with van der Waals surface area (Å²) in [5, 5.41) is 0. The van der Waals surface area contributed by atoms with Gasteiger partial charge in [-0.2, -0.15) is 0 Å². The molecule has 14 heavy (non-hydrogen) atoms. The minimum atomic E-state index is -0.596. The van der Waals surface area contributed by atoms with Crippen molar-refractivity contribution in [3.63, 3.8) is 0 Å². The summed E-state index contributed by atoms with van der Waals surface area (Å²) in [6, 6.07) is 0. The molecule has 0 bridgehead atoms. The molecule has 3 nitrogen and oxygen atoms in total. The van der Waals surface area contributed by atoms with Gasteiger partial charge < -0.3 is 9.47 Å². The first-order valence-electron chi connectivity index (χ1n) is 5.27. The summed E-state index contributed by atoms with van der Waals surface area (Å²) in [4.78, 5) is 11.3. The first-order valence-corrected chi connectivity index (χ1v) is 5.27. The van der Waals surface area contributed by atoms with Crippen molar-refractivity contribution in [2.75, 3.05) is 13.2 Å². The predicted molar refractivity (Wildman–Crippen MR) is 51.8 cm³/mol. The van der Waals surface area contributed by atoms with E-state index in [1.165, 1.54) is 0 Å². The molecule has 1 unspecified atom stereocenters. The van der Waals surface area contributed by atoms with Gasteiger partial charge in [-0.1, -0.05) is 6.92 Å². The molecule has 0 aromatic carbocycles. The molecule has 78 valence electrons. The Morgan fingerprint density at radius 1 is 1.50 bits per heavy atom. The van der Waals surface area contributed by atoms with Crippen LogP contribution in [-0.2, 0) is 14.3 Å². The highest BCUT2D eigenvalue weighted by Gasteiger charge is 2.42. The molecule has 1 aliphatic heterocycles. The minimum absolute atomic E-state index is 0.181. The zero-order chi connectivity index (χ0) is 10.0. The van der Waals surface area contributed by atoms with Crippen molar-refractivity contribution < 1.29 is 14.3 Å². The molecule has 1 atom stereocenters. The van der Waals surface area contributed by atoms with Crippen LogP contribution in [0.15, 0.2) is 12.2 Å². The van der Waals surface area contributed by atoms with Gasteiger partial charge in [-0.3, -0.25) is 4.79 Å². The number of ketones is 1. The average Bonchev–Trinajstić information content (AvgIpc) is 2.23. The van der Waals surface area contributed by atoms with Crippen LogP contribution in [0.1, 0.15) is 26.2 Å². The summed E-state index contributed by atoms with van der Waals surface area (Å²) in [7, 11) is 0. The van der Waals surface area contributed by atoms with Crippen molar-refractivity contribution >= 4 is 5.78 Å². The fourth-order valence-electron chi connectivity index (χ4n) is 2.12. The molecule has 2 aliphatic rings. The minimum Gasteiger partial charge on any atom is -0.346 e. The van der Waals surface area contributed by atoms with E-state index in [9.17, 15) is 4.79 Å². The summed E-state index contributed by atoms with van der Waals surface area (Å²) in [5.41, 5.74) is 0. The number of carbonyl (C=O) groups excluding carboxylic acids is 1. The molecular weight excluding hydrogens is 180 g/mol. The molecule has 0 aromatic heterocycles. The molecule has 0 aromatic rings. The Morgan fingerprint density at radius 3 is 2.86 bits per heavy atom. The van der Waals surface area contributed by atoms with Gasteiger partial charge in [0.05, 0.1) is 13.2 Å². The SMILES string of the molecule is CCC1CC(=O)C=CC12OCCCO2. The maximum Gasteiger partial charge on any atom is 0.191 e. The van der Waals surface area contributed by atoms with Crippen LogP contribution < -0.4 is 0 Å². The van der Waals surface area contributed by atoms with Crippen LogP contribution in [0.3, 0.4) is 0 Å². The summed E-state index contributed by atoms with van der Waals surface area (Å²) in [6.07, 6.45) is 5.80. The van der Waals surface area contributed by atoms with E-state index in [4.69, 9.17) is 9.47 Å². The smallest absolute Gasteiger partial charge is 0.191 e. The van der Waals surface area contributed by atoms with Gasteiger partial charge in [0.15, 0.2) is 11.6 Å². The highest BCUT2D eigenvalue weighted by molar-refractivity contribution is 5.91. The number of hydrogen-bond donors (Lipinski definition) is 0. The molecule has 0 saturated carbocycles. The van der Waals surface area contributed by atoms with Crippen molar-refractivity contribution in [3.05, 3.63) is 12.2 Å². The number of hydrogen-bond acceptors (Lipinski definition) is 3. The third-order valence-corrected chi connectivity index (χ3v) is 2.95. The second kappa shape index (κ2) is 3.83. The van der Waals surface area contributed by atoms with Gasteiger partial charge in [-0.25, -0.2) is 0 Å². The van der Waals surface area contributed by atoms with Crippen LogP contribution in [0.4, 0.5) is 0 Å². The molecule has 1 fully saturated rings. The van der Waals surface area contributed by atoms with E-state index < -0.39 is 5.79 Å². The van der Waals surface area contributed by atoms with Crippen molar-refractivity contribution in [1.29, 1.82) is 0 Å². The van der Waals surface area contributed by atoms with Crippen LogP contribution in [0, 0.1) is 5.92 Å². The first-order chi connectivity index (χ1) is 6.77. The van der Waals surface area contributed by atoms with E-state index >= 15 is 0 Å². The Labute approximate surface area is 84.1 Å². The molecular formula is C11H16O3. The average molecular weight is 196 g/mol. The van der Waals surface area contributed by atoms with Crippen molar-refractivity contribution in [2.45, 2.75) is 32.0 Å². The third-order valence-electron chi connectivity index (χ3n) is 2.95. The zero-order valence-electron chi connectivity index (χ0n) is 8.49. The Kier molecular flexibility index (Phi) is 2.70. The fraction of sp³-hybridized carbons (Fsp3) is 0.727. The van der Waals surface area contributed by atoms with Gasteiger partial charge in [0, 0.05) is 12.3 Å². The molecule has 0 N–H and O–H groups in total. The summed E-state index contributed by atoms with van der Waals surface area (Å²) < 4.78 is 11.4. The number of rotatable bonds is 1. The lowest BCUT2D eigenvalue weighted by molar-refractivity contribution is -0.265. The monoisotopic (exact) mass is 196 g/mol. The van der Waals surface area contributed by atoms with Crippen LogP contribution in [0.5, 0.6) is 0 Å². The first kappa shape index (κ1) is 9.87. The Hall–Kier alpha value is -0.670. The highest BCUT2D eigenvalue weighted by atomic mass is 16.7. The molecule has 2 rings (SSSR count). The lowest BCUT2D eigenvalue weighted by Crippen LogP contribution is -2.47. The van der Waals surface area contributed by atoms with E-state index in [1.807, 2.05) is 0 Å². The maximum atomic E-state index is 11.3. The maximum absolute atomic E-state index is 11.3. The Morgan fingerprint density at radius 2 is 2.21 bits per heavy atom. The van der Waals surface area contributed by atoms with Crippen LogP contribution in [-0.4, -0.2) is 24.8 Å². The topological polar surface area (TPSA) is 35.5 Å². The van der Waals surface area contributed by atoms with Gasteiger partial charge >= 0.3 is 0 Å². The van der Waals surface area contributed by atoms with Gasteiger partial charge in [0.25, 0.3) is 0 Å². The van der Waals surface area contributed by atoms with Gasteiger partial charge in [0.2, 0.25) is 0 Å². The van der Waals surface area contributed by atoms with Gasteiger partial charge in [0.1, 0.15) is 0 Å². The second-order valence-corrected chi connectivity index (χ2v) is 3.88. The molecule has 0 amide bonds. The number of carbonyl (C=O) groups is 1. The largest absolute Gasteiger partial charge is 0.346 e. The Balaban J connectivity index is 2.21. The van der Waals surface area contributed by atoms with E-state index in [-0.39, 0.29) is 11.7 Å². The van der Waals surface area contributed by atoms with E-state index in [0.29, 0.717) is 6.42 Å². The second-order valence-electron chi connectivity index (χ2n) is 3.88. The lowest BCUT2D eigenvalue weighted by Gasteiger charge is -2.42. The summed E-state index contributed by atoms with van der Waals surface area (Å²) in [5.74, 6) is -0.235. The highest BCUT2D eigenvalue weighted by Crippen LogP contribution is 2.36. The third kappa shape index (κ3) is 1.62. The number of ether oxygens (including phenoxy) is 2. The van der Waals surface area contributed by atoms with E-state index in [2.05, 4.69) is 6.92 Å². The standard InChI is InChI=1S/C11H16O3/c1-2-9-8-10(12)4-5-11(9)13-6-3-7-14-11/h4-5,9H,2-3,6-8H2,1H3. The summed E-state index contributed by atoms with van der Waals surface area (Å²) in [6.45, 7) is 3.53. The van der Waals surface area contributed by atoms with Crippen LogP contribution in [0.25, 0.3) is 0 Å². The molecule has 1 aliphatic carbocycles. The van der Waals surface area contributed by atoms with Gasteiger partial charge in [-0.15, -0.1) is 0 Å². The van der Waals surface area contributed by atoms with Gasteiger partial charge in [-0.05, 0) is 25.0 Å². The van der Waals surface area contributed by atoms with Crippen molar-refractivity contribution in [2.24, 2.45) is 5.92 Å². The quantitative estimate of drug-likeness (QED) is 0.640. The summed E-state index contributed by atoms with van der Waals surface area (Å²) >= 11 is 0. The van der Waals surface area contributed by atoms with Crippen molar-refractivity contribution in [1.82, 2.24) is 0 Å². The predicted octanol–water partition coefficient (Wildman–Crippen LogP) is 1.67. The van der Waals surface area contributed by atoms with E-state index in [0.717, 1.165) is 26.1 Å². The van der Waals surface area contributed by atoms with E-state index in [1.54, 1.807) is 12.2 Å². The molecule has 3 heteroatoms. The van der Waals surface area contributed by atoms with Crippen LogP contribution >= 0.6 is 0 Å². The molecule has 1 spiro atoms. The zero-order valence-corrected chi connectivity index (χ0v) is 8.49. The Bertz CT molecular complexity index is 251. The molecule has 1 heterocycles. The number of allylic oxidation sites excluding steroid dienone is 1. The molecule has 1 saturated heterocycles. The lowest BCUT2D eigenvalue weighted by atomic mass is 9.85.